The minimum atomic E-state index is -0.0596. The normalized spacial score (nSPS) is 23.8. The zero-order valence-corrected chi connectivity index (χ0v) is 17.2. The fraction of sp³-hybridized carbons (Fsp3) is 0.273. The number of hydrogen-bond acceptors (Lipinski definition) is 5. The van der Waals surface area contributed by atoms with Crippen LogP contribution in [0.5, 0.6) is 0 Å². The van der Waals surface area contributed by atoms with Gasteiger partial charge in [-0.1, -0.05) is 42.4 Å². The number of aromatic nitrogens is 1. The van der Waals surface area contributed by atoms with Crippen LogP contribution >= 0.6 is 23.4 Å². The van der Waals surface area contributed by atoms with Gasteiger partial charge in [0.15, 0.2) is 5.17 Å². The Hall–Kier alpha value is -2.24. The number of fused-ring (bicyclic) bond motifs is 1. The summed E-state index contributed by atoms with van der Waals surface area (Å²) >= 11 is 8.04. The summed E-state index contributed by atoms with van der Waals surface area (Å²) in [4.78, 5) is 11.9. The van der Waals surface area contributed by atoms with Gasteiger partial charge >= 0.3 is 0 Å². The van der Waals surface area contributed by atoms with Crippen LogP contribution in [-0.2, 0) is 0 Å². The number of amidine groups is 1. The first-order valence-corrected chi connectivity index (χ1v) is 10.6. The Bertz CT molecular complexity index is 1050. The van der Waals surface area contributed by atoms with Gasteiger partial charge in [0.2, 0.25) is 0 Å². The fourth-order valence-corrected chi connectivity index (χ4v) is 5.21. The molecule has 1 saturated heterocycles. The van der Waals surface area contributed by atoms with Crippen molar-refractivity contribution in [3.63, 3.8) is 0 Å². The lowest BCUT2D eigenvalue weighted by molar-refractivity contribution is 0.277. The molecule has 28 heavy (non-hydrogen) atoms. The van der Waals surface area contributed by atoms with Crippen LogP contribution in [0.2, 0.25) is 5.02 Å². The van der Waals surface area contributed by atoms with E-state index >= 15 is 0 Å². The van der Waals surface area contributed by atoms with E-state index < -0.39 is 0 Å². The summed E-state index contributed by atoms with van der Waals surface area (Å²) in [6, 6.07) is 16.0. The van der Waals surface area contributed by atoms with Gasteiger partial charge in [-0.15, -0.1) is 0 Å². The van der Waals surface area contributed by atoms with Crippen molar-refractivity contribution in [2.45, 2.75) is 31.2 Å². The summed E-state index contributed by atoms with van der Waals surface area (Å²) in [5.74, 6) is 1.75. The number of pyridine rings is 1. The highest BCUT2D eigenvalue weighted by molar-refractivity contribution is 8.14. The van der Waals surface area contributed by atoms with Crippen molar-refractivity contribution in [2.24, 2.45) is 4.99 Å². The average Bonchev–Trinajstić information content (AvgIpc) is 3.38. The van der Waals surface area contributed by atoms with Crippen LogP contribution in [0.15, 0.2) is 64.1 Å². The summed E-state index contributed by atoms with van der Waals surface area (Å²) in [5.41, 5.74) is 3.14. The smallest absolute Gasteiger partial charge is 0.161 e. The number of aliphatic imine (C=N–C) groups is 1. The third kappa shape index (κ3) is 3.03. The maximum absolute atomic E-state index is 6.37. The first-order chi connectivity index (χ1) is 13.6. The summed E-state index contributed by atoms with van der Waals surface area (Å²) in [6.07, 6.45) is 1.83. The van der Waals surface area contributed by atoms with E-state index in [9.17, 15) is 0 Å². The van der Waals surface area contributed by atoms with Gasteiger partial charge in [-0.2, -0.15) is 0 Å². The molecule has 0 N–H and O–H groups in total. The van der Waals surface area contributed by atoms with Gasteiger partial charge in [0, 0.05) is 28.6 Å². The summed E-state index contributed by atoms with van der Waals surface area (Å²) < 4.78 is 6.37. The molecule has 2 aliphatic heterocycles. The molecule has 2 aromatic heterocycles. The van der Waals surface area contributed by atoms with Crippen molar-refractivity contribution in [2.75, 3.05) is 6.54 Å². The minimum Gasteiger partial charge on any atom is -0.459 e. The molecule has 0 aliphatic carbocycles. The first-order valence-electron chi connectivity index (χ1n) is 9.38. The van der Waals surface area contributed by atoms with E-state index in [1.54, 1.807) is 0 Å². The molecule has 0 amide bonds. The van der Waals surface area contributed by atoms with Crippen LogP contribution in [0.25, 0.3) is 11.3 Å². The molecule has 142 valence electrons. The van der Waals surface area contributed by atoms with Crippen LogP contribution < -0.4 is 0 Å². The lowest BCUT2D eigenvalue weighted by Crippen LogP contribution is -2.28. The summed E-state index contributed by atoms with van der Waals surface area (Å²) in [7, 11) is 0. The van der Waals surface area contributed by atoms with Crippen LogP contribution in [0.4, 0.5) is 0 Å². The number of thioether (sulfide) groups is 1. The van der Waals surface area contributed by atoms with E-state index in [4.69, 9.17) is 21.0 Å². The van der Waals surface area contributed by atoms with E-state index in [0.29, 0.717) is 10.3 Å². The number of furan rings is 1. The monoisotopic (exact) mass is 409 g/mol. The molecular formula is C22H20ClN3OS. The van der Waals surface area contributed by atoms with E-state index in [2.05, 4.69) is 29.8 Å². The molecule has 3 atom stereocenters. The fourth-order valence-electron chi connectivity index (χ4n) is 3.94. The van der Waals surface area contributed by atoms with Gasteiger partial charge < -0.3 is 9.32 Å². The van der Waals surface area contributed by atoms with Gasteiger partial charge in [-0.25, -0.2) is 4.99 Å². The van der Waals surface area contributed by atoms with Gasteiger partial charge in [0.1, 0.15) is 23.6 Å². The Morgan fingerprint density at radius 2 is 2.07 bits per heavy atom. The molecule has 3 aromatic rings. The maximum Gasteiger partial charge on any atom is 0.161 e. The van der Waals surface area contributed by atoms with Crippen molar-refractivity contribution in [1.29, 1.82) is 0 Å². The topological polar surface area (TPSA) is 41.6 Å². The molecule has 0 spiro atoms. The Kier molecular flexibility index (Phi) is 4.44. The Balaban J connectivity index is 1.55. The van der Waals surface area contributed by atoms with Crippen LogP contribution in [0.3, 0.4) is 0 Å². The van der Waals surface area contributed by atoms with Crippen molar-refractivity contribution >= 4 is 28.5 Å². The molecule has 1 fully saturated rings. The molecule has 0 unspecified atom stereocenters. The van der Waals surface area contributed by atoms with Crippen LogP contribution in [0.1, 0.15) is 36.0 Å². The van der Waals surface area contributed by atoms with Crippen molar-refractivity contribution in [3.8, 4) is 11.3 Å². The van der Waals surface area contributed by atoms with Gasteiger partial charge in [0.05, 0.1) is 5.69 Å². The Labute approximate surface area is 173 Å². The SMILES string of the molecule is Cc1ccc(Cl)cc1-c1ccc([C@@H]2[C@H](c3ccccn3)N=C3S[C@H](C)CN32)o1. The van der Waals surface area contributed by atoms with Crippen molar-refractivity contribution in [1.82, 2.24) is 9.88 Å². The molecule has 4 nitrogen and oxygen atoms in total. The second-order valence-corrected chi connectivity index (χ2v) is 9.14. The average molecular weight is 410 g/mol. The number of hydrogen-bond donors (Lipinski definition) is 0. The largest absolute Gasteiger partial charge is 0.459 e. The molecule has 1 aromatic carbocycles. The first kappa shape index (κ1) is 17.8. The zero-order chi connectivity index (χ0) is 19.3. The maximum atomic E-state index is 6.37. The van der Waals surface area contributed by atoms with Crippen molar-refractivity contribution in [3.05, 3.63) is 76.8 Å². The highest BCUT2D eigenvalue weighted by atomic mass is 35.5. The predicted octanol–water partition coefficient (Wildman–Crippen LogP) is 5.89. The molecular weight excluding hydrogens is 390 g/mol. The molecule has 5 rings (SSSR count). The third-order valence-corrected chi connectivity index (χ3v) is 6.60. The summed E-state index contributed by atoms with van der Waals surface area (Å²) in [5, 5.41) is 2.32. The van der Waals surface area contributed by atoms with E-state index in [1.165, 1.54) is 0 Å². The Morgan fingerprint density at radius 1 is 1.18 bits per heavy atom. The number of benzene rings is 1. The molecule has 6 heteroatoms. The summed E-state index contributed by atoms with van der Waals surface area (Å²) in [6.45, 7) is 5.27. The molecule has 4 heterocycles. The quantitative estimate of drug-likeness (QED) is 0.540. The molecule has 0 bridgehead atoms. The zero-order valence-electron chi connectivity index (χ0n) is 15.7. The highest BCUT2D eigenvalue weighted by Crippen LogP contribution is 2.48. The van der Waals surface area contributed by atoms with E-state index in [1.807, 2.05) is 60.4 Å². The number of aryl methyl sites for hydroxylation is 1. The van der Waals surface area contributed by atoms with Crippen molar-refractivity contribution < 1.29 is 4.42 Å². The van der Waals surface area contributed by atoms with Gasteiger partial charge in [-0.3, -0.25) is 4.98 Å². The molecule has 2 aliphatic rings. The second-order valence-electron chi connectivity index (χ2n) is 7.30. The molecule has 0 radical (unpaired) electrons. The lowest BCUT2D eigenvalue weighted by Gasteiger charge is -2.25. The minimum absolute atomic E-state index is 0.0237. The van der Waals surface area contributed by atoms with E-state index in [-0.39, 0.29) is 12.1 Å². The van der Waals surface area contributed by atoms with E-state index in [0.717, 1.165) is 40.1 Å². The Morgan fingerprint density at radius 3 is 2.89 bits per heavy atom. The number of rotatable bonds is 3. The molecule has 0 saturated carbocycles. The predicted molar refractivity (Wildman–Crippen MR) is 115 cm³/mol. The van der Waals surface area contributed by atoms with Crippen LogP contribution in [0, 0.1) is 6.92 Å². The standard InChI is InChI=1S/C22H20ClN3OS/c1-13-6-7-15(23)11-16(13)18-8-9-19(27-18)21-20(17-5-3-4-10-24-17)25-22-26(21)12-14(2)28-22/h3-11,14,20-21H,12H2,1-2H3/t14-,20+,21-/m1/s1. The van der Waals surface area contributed by atoms with Gasteiger partial charge in [0.25, 0.3) is 0 Å². The highest BCUT2D eigenvalue weighted by Gasteiger charge is 2.45. The second kappa shape index (κ2) is 6.98. The van der Waals surface area contributed by atoms with Crippen LogP contribution in [-0.4, -0.2) is 26.8 Å². The third-order valence-electron chi connectivity index (χ3n) is 5.26. The van der Waals surface area contributed by atoms with Gasteiger partial charge in [-0.05, 0) is 48.9 Å². The lowest BCUT2D eigenvalue weighted by atomic mass is 10.0. The number of halogens is 1. The number of nitrogens with zero attached hydrogens (tertiary/aromatic N) is 3.